The number of aromatic nitrogens is 2. The molecule has 7 heteroatoms. The van der Waals surface area contributed by atoms with E-state index in [-0.39, 0.29) is 11.3 Å². The molecule has 0 unspecified atom stereocenters. The first-order chi connectivity index (χ1) is 14.2. The van der Waals surface area contributed by atoms with E-state index in [1.807, 2.05) is 12.1 Å². The fourth-order valence-corrected chi connectivity index (χ4v) is 3.93. The lowest BCUT2D eigenvalue weighted by Gasteiger charge is -2.24. The van der Waals surface area contributed by atoms with E-state index < -0.39 is 0 Å². The van der Waals surface area contributed by atoms with Gasteiger partial charge in [-0.15, -0.1) is 0 Å². The smallest absolute Gasteiger partial charge is 0.287 e. The number of carbonyl (C=O) groups is 1. The summed E-state index contributed by atoms with van der Waals surface area (Å²) in [6.45, 7) is 8.87. The lowest BCUT2D eigenvalue weighted by Crippen LogP contribution is -2.50. The summed E-state index contributed by atoms with van der Waals surface area (Å²) in [6.07, 6.45) is 5.97. The summed E-state index contributed by atoms with van der Waals surface area (Å²) in [4.78, 5) is 12.9. The van der Waals surface area contributed by atoms with Crippen LogP contribution in [0.4, 0.5) is 0 Å². The Labute approximate surface area is 184 Å². The van der Waals surface area contributed by atoms with E-state index in [2.05, 4.69) is 62.1 Å². The number of thiocarbonyl (C=S) groups is 1. The minimum Gasteiger partial charge on any atom is -0.359 e. The lowest BCUT2D eigenvalue weighted by molar-refractivity contribution is 0.0933. The molecule has 2 aromatic rings. The van der Waals surface area contributed by atoms with Gasteiger partial charge in [-0.2, -0.15) is 5.10 Å². The highest BCUT2D eigenvalue weighted by Crippen LogP contribution is 2.22. The van der Waals surface area contributed by atoms with Crippen LogP contribution >= 0.6 is 12.2 Å². The van der Waals surface area contributed by atoms with E-state index in [1.54, 1.807) is 4.68 Å². The van der Waals surface area contributed by atoms with Crippen LogP contribution in [-0.2, 0) is 12.0 Å². The maximum absolute atomic E-state index is 12.9. The minimum absolute atomic E-state index is 0.155. The van der Waals surface area contributed by atoms with Crippen LogP contribution in [-0.4, -0.2) is 26.8 Å². The zero-order valence-corrected chi connectivity index (χ0v) is 19.2. The molecule has 0 radical (unpaired) electrons. The van der Waals surface area contributed by atoms with Gasteiger partial charge in [-0.25, -0.2) is 0 Å². The van der Waals surface area contributed by atoms with E-state index >= 15 is 0 Å². The van der Waals surface area contributed by atoms with Crippen molar-refractivity contribution in [2.24, 2.45) is 0 Å². The van der Waals surface area contributed by atoms with Gasteiger partial charge in [0, 0.05) is 11.5 Å². The van der Waals surface area contributed by atoms with Gasteiger partial charge in [-0.1, -0.05) is 69.9 Å². The summed E-state index contributed by atoms with van der Waals surface area (Å²) in [7, 11) is 0. The van der Waals surface area contributed by atoms with Crippen LogP contribution in [0.5, 0.6) is 0 Å². The average molecular weight is 428 g/mol. The molecule has 1 fully saturated rings. The highest BCUT2D eigenvalue weighted by atomic mass is 32.1. The molecule has 0 saturated heterocycles. The number of aryl methyl sites for hydroxylation is 1. The van der Waals surface area contributed by atoms with Crippen molar-refractivity contribution in [2.75, 3.05) is 0 Å². The van der Waals surface area contributed by atoms with Crippen molar-refractivity contribution in [3.63, 3.8) is 0 Å². The van der Waals surface area contributed by atoms with Crippen LogP contribution in [0.1, 0.15) is 80.2 Å². The first-order valence-electron chi connectivity index (χ1n) is 10.7. The van der Waals surface area contributed by atoms with Gasteiger partial charge in [0.1, 0.15) is 5.69 Å². The summed E-state index contributed by atoms with van der Waals surface area (Å²) in [5.74, 6) is -0.251. The van der Waals surface area contributed by atoms with Crippen LogP contribution in [0.25, 0.3) is 0 Å². The molecule has 162 valence electrons. The number of hydrogen-bond donors (Lipinski definition) is 3. The summed E-state index contributed by atoms with van der Waals surface area (Å²) in [6, 6.07) is 10.5. The molecular formula is C23H33N5OS. The first-order valence-corrected chi connectivity index (χ1v) is 11.1. The predicted octanol–water partition coefficient (Wildman–Crippen LogP) is 3.98. The van der Waals surface area contributed by atoms with Gasteiger partial charge >= 0.3 is 0 Å². The van der Waals surface area contributed by atoms with Gasteiger partial charge in [0.15, 0.2) is 5.11 Å². The van der Waals surface area contributed by atoms with Crippen molar-refractivity contribution in [3.05, 3.63) is 52.8 Å². The Balaban J connectivity index is 1.70. The third-order valence-corrected chi connectivity index (χ3v) is 5.65. The Morgan fingerprint density at radius 3 is 2.57 bits per heavy atom. The molecule has 1 aliphatic rings. The number of hydrazine groups is 1. The van der Waals surface area contributed by atoms with E-state index in [0.717, 1.165) is 24.1 Å². The average Bonchev–Trinajstić information content (AvgIpc) is 3.11. The standard InChI is InChI=1S/C23H33N5OS/c1-16-9-8-10-17(13-16)15-28-19(14-20(27-28)23(2,3)4)21(29)25-26-22(30)24-18-11-6-5-7-12-18/h8-10,13-14,18H,5-7,11-12,15H2,1-4H3,(H,25,29)(H2,24,26,30). The SMILES string of the molecule is Cc1cccc(Cn2nc(C(C)(C)C)cc2C(=O)NNC(=S)NC2CCCCC2)c1. The third kappa shape index (κ3) is 6.05. The van der Waals surface area contributed by atoms with Crippen molar-refractivity contribution >= 4 is 23.2 Å². The number of hydrogen-bond acceptors (Lipinski definition) is 3. The number of amides is 1. The van der Waals surface area contributed by atoms with Crippen LogP contribution in [0.3, 0.4) is 0 Å². The molecule has 3 rings (SSSR count). The molecule has 0 spiro atoms. The van der Waals surface area contributed by atoms with Crippen molar-refractivity contribution in [1.82, 2.24) is 25.9 Å². The molecule has 1 saturated carbocycles. The van der Waals surface area contributed by atoms with Gasteiger partial charge < -0.3 is 5.32 Å². The minimum atomic E-state index is -0.251. The van der Waals surface area contributed by atoms with E-state index in [9.17, 15) is 4.79 Å². The molecule has 1 aliphatic carbocycles. The van der Waals surface area contributed by atoms with Gasteiger partial charge in [-0.05, 0) is 43.6 Å². The molecule has 1 aromatic carbocycles. The molecule has 30 heavy (non-hydrogen) atoms. The van der Waals surface area contributed by atoms with Crippen molar-refractivity contribution < 1.29 is 4.79 Å². The van der Waals surface area contributed by atoms with Gasteiger partial charge in [0.2, 0.25) is 0 Å². The predicted molar refractivity (Wildman–Crippen MR) is 124 cm³/mol. The van der Waals surface area contributed by atoms with Gasteiger partial charge in [-0.3, -0.25) is 20.3 Å². The summed E-state index contributed by atoms with van der Waals surface area (Å²) in [5.41, 5.74) is 9.11. The fourth-order valence-electron chi connectivity index (χ4n) is 3.72. The maximum Gasteiger partial charge on any atom is 0.287 e. The monoisotopic (exact) mass is 427 g/mol. The Bertz CT molecular complexity index is 893. The van der Waals surface area contributed by atoms with Crippen LogP contribution in [0.2, 0.25) is 0 Å². The zero-order chi connectivity index (χ0) is 21.7. The second kappa shape index (κ2) is 9.60. The molecule has 6 nitrogen and oxygen atoms in total. The molecule has 1 heterocycles. The maximum atomic E-state index is 12.9. The highest BCUT2D eigenvalue weighted by molar-refractivity contribution is 7.80. The topological polar surface area (TPSA) is 71.0 Å². The normalized spacial score (nSPS) is 14.9. The first kappa shape index (κ1) is 22.3. The second-order valence-corrected chi connectivity index (χ2v) is 9.61. The van der Waals surface area contributed by atoms with Crippen LogP contribution in [0, 0.1) is 6.92 Å². The fraction of sp³-hybridized carbons (Fsp3) is 0.522. The summed E-state index contributed by atoms with van der Waals surface area (Å²) >= 11 is 5.36. The molecule has 0 bridgehead atoms. The molecule has 3 N–H and O–H groups in total. The van der Waals surface area contributed by atoms with Crippen molar-refractivity contribution in [2.45, 2.75) is 77.8 Å². The molecule has 1 aromatic heterocycles. The second-order valence-electron chi connectivity index (χ2n) is 9.20. The number of nitrogens with one attached hydrogen (secondary N) is 3. The zero-order valence-electron chi connectivity index (χ0n) is 18.4. The molecular weight excluding hydrogens is 394 g/mol. The quantitative estimate of drug-likeness (QED) is 0.509. The summed E-state index contributed by atoms with van der Waals surface area (Å²) < 4.78 is 1.77. The van der Waals surface area contributed by atoms with Crippen LogP contribution in [0.15, 0.2) is 30.3 Å². The third-order valence-electron chi connectivity index (χ3n) is 5.43. The van der Waals surface area contributed by atoms with E-state index in [0.29, 0.717) is 23.4 Å². The number of rotatable bonds is 4. The molecule has 0 aliphatic heterocycles. The van der Waals surface area contributed by atoms with Gasteiger partial charge in [0.05, 0.1) is 12.2 Å². The largest absolute Gasteiger partial charge is 0.359 e. The van der Waals surface area contributed by atoms with Crippen molar-refractivity contribution in [3.8, 4) is 0 Å². The highest BCUT2D eigenvalue weighted by Gasteiger charge is 2.23. The molecule has 1 amide bonds. The molecule has 0 atom stereocenters. The Morgan fingerprint density at radius 2 is 1.90 bits per heavy atom. The number of nitrogens with zero attached hydrogens (tertiary/aromatic N) is 2. The van der Waals surface area contributed by atoms with Gasteiger partial charge in [0.25, 0.3) is 5.91 Å². The van der Waals surface area contributed by atoms with Crippen molar-refractivity contribution in [1.29, 1.82) is 0 Å². The Morgan fingerprint density at radius 1 is 1.17 bits per heavy atom. The van der Waals surface area contributed by atoms with Crippen LogP contribution < -0.4 is 16.2 Å². The lowest BCUT2D eigenvalue weighted by atomic mass is 9.92. The number of carbonyl (C=O) groups excluding carboxylic acids is 1. The number of benzene rings is 1. The Hall–Kier alpha value is -2.41. The van der Waals surface area contributed by atoms with E-state index in [1.165, 1.54) is 24.8 Å². The Kier molecular flexibility index (Phi) is 7.13. The summed E-state index contributed by atoms with van der Waals surface area (Å²) in [5, 5.41) is 8.48. The van der Waals surface area contributed by atoms with E-state index in [4.69, 9.17) is 17.3 Å².